The Morgan fingerprint density at radius 3 is 2.53 bits per heavy atom. The van der Waals surface area contributed by atoms with E-state index in [-0.39, 0.29) is 24.0 Å². The van der Waals surface area contributed by atoms with E-state index in [1.165, 1.54) is 0 Å². The first-order valence-corrected chi connectivity index (χ1v) is 10.2. The van der Waals surface area contributed by atoms with Crippen LogP contribution in [0.5, 0.6) is 11.5 Å². The Balaban J connectivity index is 0.00000320. The lowest BCUT2D eigenvalue weighted by Crippen LogP contribution is -2.33. The molecule has 2 aromatic carbocycles. The zero-order chi connectivity index (χ0) is 20.6. The topological polar surface area (TPSA) is 81.8 Å². The average Bonchev–Trinajstić information content (AvgIpc) is 3.13. The Morgan fingerprint density at radius 1 is 1.10 bits per heavy atom. The van der Waals surface area contributed by atoms with Gasteiger partial charge in [0.2, 0.25) is 0 Å². The van der Waals surface area contributed by atoms with E-state index in [1.807, 2.05) is 43.3 Å². The number of aromatic nitrogens is 1. The summed E-state index contributed by atoms with van der Waals surface area (Å²) in [5, 5.41) is 4.17. The van der Waals surface area contributed by atoms with Gasteiger partial charge in [-0.15, -0.1) is 35.3 Å². The number of aryl methyl sites for hydroxylation is 1. The number of benzene rings is 2. The molecule has 0 aliphatic carbocycles. The van der Waals surface area contributed by atoms with Gasteiger partial charge in [-0.1, -0.05) is 36.4 Å². The summed E-state index contributed by atoms with van der Waals surface area (Å²) in [6.07, 6.45) is 0.800. The molecule has 160 valence electrons. The van der Waals surface area contributed by atoms with Crippen LogP contribution in [0, 0.1) is 6.92 Å². The number of guanidine groups is 1. The molecular formula is C22H27IN4O2S. The van der Waals surface area contributed by atoms with Gasteiger partial charge < -0.3 is 20.5 Å². The lowest BCUT2D eigenvalue weighted by Gasteiger charge is -2.10. The molecule has 30 heavy (non-hydrogen) atoms. The molecule has 0 spiro atoms. The SMILES string of the molecule is COc1ccc(CCNC(N)=NCc2sc(-c3ccccc3)nc2C)cc1OC.I. The number of ether oxygens (including phenoxy) is 2. The van der Waals surface area contributed by atoms with Gasteiger partial charge in [-0.05, 0) is 31.0 Å². The summed E-state index contributed by atoms with van der Waals surface area (Å²) < 4.78 is 10.6. The smallest absolute Gasteiger partial charge is 0.188 e. The fraction of sp³-hybridized carbons (Fsp3) is 0.273. The van der Waals surface area contributed by atoms with Gasteiger partial charge in [0.15, 0.2) is 17.5 Å². The first kappa shape index (κ1) is 23.9. The fourth-order valence-electron chi connectivity index (χ4n) is 2.86. The van der Waals surface area contributed by atoms with Crippen molar-refractivity contribution in [1.29, 1.82) is 0 Å². The molecule has 0 amide bonds. The molecule has 0 aliphatic heterocycles. The number of rotatable bonds is 8. The number of hydrogen-bond acceptors (Lipinski definition) is 5. The second-order valence-electron chi connectivity index (χ2n) is 6.46. The van der Waals surface area contributed by atoms with Gasteiger partial charge in [-0.2, -0.15) is 0 Å². The van der Waals surface area contributed by atoms with E-state index < -0.39 is 0 Å². The minimum absolute atomic E-state index is 0. The highest BCUT2D eigenvalue weighted by Crippen LogP contribution is 2.28. The number of aliphatic imine (C=N–C) groups is 1. The maximum atomic E-state index is 6.03. The molecule has 0 aliphatic rings. The summed E-state index contributed by atoms with van der Waals surface area (Å²) in [6, 6.07) is 16.1. The monoisotopic (exact) mass is 538 g/mol. The molecule has 0 saturated carbocycles. The highest BCUT2D eigenvalue weighted by Gasteiger charge is 2.09. The highest BCUT2D eigenvalue weighted by molar-refractivity contribution is 14.0. The van der Waals surface area contributed by atoms with E-state index in [0.717, 1.165) is 44.6 Å². The van der Waals surface area contributed by atoms with Crippen molar-refractivity contribution in [3.63, 3.8) is 0 Å². The van der Waals surface area contributed by atoms with Crippen molar-refractivity contribution >= 4 is 41.3 Å². The summed E-state index contributed by atoms with van der Waals surface area (Å²) >= 11 is 1.66. The minimum Gasteiger partial charge on any atom is -0.493 e. The Bertz CT molecular complexity index is 977. The summed E-state index contributed by atoms with van der Waals surface area (Å²) in [4.78, 5) is 10.2. The Morgan fingerprint density at radius 2 is 1.83 bits per heavy atom. The Hall–Kier alpha value is -2.33. The molecule has 1 heterocycles. The van der Waals surface area contributed by atoms with Crippen LogP contribution in [0.4, 0.5) is 0 Å². The van der Waals surface area contributed by atoms with Crippen LogP contribution in [0.25, 0.3) is 10.6 Å². The van der Waals surface area contributed by atoms with E-state index in [1.54, 1.807) is 25.6 Å². The van der Waals surface area contributed by atoms with E-state index in [0.29, 0.717) is 19.0 Å². The molecule has 8 heteroatoms. The molecule has 3 N–H and O–H groups in total. The second kappa shape index (κ2) is 11.8. The van der Waals surface area contributed by atoms with Crippen LogP contribution in [0.1, 0.15) is 16.1 Å². The zero-order valence-corrected chi connectivity index (χ0v) is 20.5. The van der Waals surface area contributed by atoms with Crippen molar-refractivity contribution in [2.45, 2.75) is 19.9 Å². The maximum Gasteiger partial charge on any atom is 0.188 e. The normalized spacial score (nSPS) is 11.0. The molecule has 0 unspecified atom stereocenters. The minimum atomic E-state index is 0. The van der Waals surface area contributed by atoms with Crippen LogP contribution in [-0.2, 0) is 13.0 Å². The molecule has 0 radical (unpaired) electrons. The number of halogens is 1. The number of thiazole rings is 1. The van der Waals surface area contributed by atoms with Crippen molar-refractivity contribution in [1.82, 2.24) is 10.3 Å². The van der Waals surface area contributed by atoms with Crippen molar-refractivity contribution in [2.75, 3.05) is 20.8 Å². The quantitative estimate of drug-likeness (QED) is 0.253. The van der Waals surface area contributed by atoms with E-state index in [4.69, 9.17) is 15.2 Å². The van der Waals surface area contributed by atoms with Crippen LogP contribution in [0.3, 0.4) is 0 Å². The number of methoxy groups -OCH3 is 2. The van der Waals surface area contributed by atoms with Gasteiger partial charge >= 0.3 is 0 Å². The predicted molar refractivity (Wildman–Crippen MR) is 134 cm³/mol. The molecule has 1 aromatic heterocycles. The average molecular weight is 538 g/mol. The molecule has 0 bridgehead atoms. The lowest BCUT2D eigenvalue weighted by atomic mass is 10.1. The van der Waals surface area contributed by atoms with Gasteiger partial charge in [0.05, 0.1) is 26.5 Å². The summed E-state index contributed by atoms with van der Waals surface area (Å²) in [5.41, 5.74) is 9.29. The van der Waals surface area contributed by atoms with Crippen LogP contribution in [0.15, 0.2) is 53.5 Å². The van der Waals surface area contributed by atoms with Gasteiger partial charge in [0, 0.05) is 17.0 Å². The number of hydrogen-bond donors (Lipinski definition) is 2. The summed E-state index contributed by atoms with van der Waals surface area (Å²) in [5.74, 6) is 1.88. The van der Waals surface area contributed by atoms with Gasteiger partial charge in [0.1, 0.15) is 5.01 Å². The van der Waals surface area contributed by atoms with Crippen molar-refractivity contribution in [3.05, 3.63) is 64.7 Å². The molecule has 3 aromatic rings. The maximum absolute atomic E-state index is 6.03. The predicted octanol–water partition coefficient (Wildman–Crippen LogP) is 4.40. The third kappa shape index (κ3) is 6.33. The second-order valence-corrected chi connectivity index (χ2v) is 7.54. The Labute approximate surface area is 198 Å². The highest BCUT2D eigenvalue weighted by atomic mass is 127. The number of nitrogens with zero attached hydrogens (tertiary/aromatic N) is 2. The van der Waals surface area contributed by atoms with E-state index in [9.17, 15) is 0 Å². The molecule has 0 saturated heterocycles. The molecule has 6 nitrogen and oxygen atoms in total. The summed E-state index contributed by atoms with van der Waals surface area (Å²) in [7, 11) is 3.26. The molecule has 3 rings (SSSR count). The van der Waals surface area contributed by atoms with Crippen LogP contribution in [-0.4, -0.2) is 31.7 Å². The van der Waals surface area contributed by atoms with Crippen molar-refractivity contribution < 1.29 is 9.47 Å². The lowest BCUT2D eigenvalue weighted by molar-refractivity contribution is 0.354. The van der Waals surface area contributed by atoms with E-state index >= 15 is 0 Å². The number of nitrogens with one attached hydrogen (secondary N) is 1. The molecular weight excluding hydrogens is 511 g/mol. The fourth-order valence-corrected chi connectivity index (χ4v) is 3.86. The third-order valence-electron chi connectivity index (χ3n) is 4.47. The van der Waals surface area contributed by atoms with E-state index in [2.05, 4.69) is 27.4 Å². The van der Waals surface area contributed by atoms with Crippen molar-refractivity contribution in [3.8, 4) is 22.1 Å². The largest absolute Gasteiger partial charge is 0.493 e. The van der Waals surface area contributed by atoms with Crippen LogP contribution >= 0.6 is 35.3 Å². The van der Waals surface area contributed by atoms with Gasteiger partial charge in [-0.3, -0.25) is 0 Å². The third-order valence-corrected chi connectivity index (χ3v) is 5.67. The first-order chi connectivity index (χ1) is 14.1. The first-order valence-electron chi connectivity index (χ1n) is 9.37. The van der Waals surface area contributed by atoms with Gasteiger partial charge in [0.25, 0.3) is 0 Å². The zero-order valence-electron chi connectivity index (χ0n) is 17.3. The standard InChI is InChI=1S/C22H26N4O2S.HI/c1-15-20(29-21(26-15)17-7-5-4-6-8-17)14-25-22(23)24-12-11-16-9-10-18(27-2)19(13-16)28-3;/h4-10,13H,11-12,14H2,1-3H3,(H3,23,24,25);1H. The van der Waals surface area contributed by atoms with Crippen LogP contribution in [0.2, 0.25) is 0 Å². The van der Waals surface area contributed by atoms with Crippen molar-refractivity contribution in [2.24, 2.45) is 10.7 Å². The number of nitrogens with two attached hydrogens (primary N) is 1. The van der Waals surface area contributed by atoms with Crippen LogP contribution < -0.4 is 20.5 Å². The summed E-state index contributed by atoms with van der Waals surface area (Å²) in [6.45, 7) is 3.21. The van der Waals surface area contributed by atoms with Gasteiger partial charge in [-0.25, -0.2) is 9.98 Å². The molecule has 0 atom stereocenters. The molecule has 0 fully saturated rings. The Kier molecular flexibility index (Phi) is 9.38.